The lowest BCUT2D eigenvalue weighted by Crippen LogP contribution is -2.30. The van der Waals surface area contributed by atoms with Gasteiger partial charge in [-0.3, -0.25) is 4.79 Å². The number of hydrogen-bond donors (Lipinski definition) is 1. The molecule has 0 aliphatic carbocycles. The van der Waals surface area contributed by atoms with E-state index in [1.807, 2.05) is 30.3 Å². The lowest BCUT2D eigenvalue weighted by atomic mass is 10.2. The molecule has 1 atom stereocenters. The molecule has 0 saturated heterocycles. The quantitative estimate of drug-likeness (QED) is 0.580. The fraction of sp³-hybridized carbons (Fsp3) is 0.250. The highest BCUT2D eigenvalue weighted by atomic mass is 32.2. The van der Waals surface area contributed by atoms with Crippen molar-refractivity contribution in [3.8, 4) is 23.0 Å². The number of rotatable bonds is 8. The molecule has 0 fully saturated rings. The fourth-order valence-electron chi connectivity index (χ4n) is 2.48. The van der Waals surface area contributed by atoms with Crippen LogP contribution in [0.1, 0.15) is 12.5 Å². The third-order valence-electron chi connectivity index (χ3n) is 3.99. The molecule has 1 amide bonds. The summed E-state index contributed by atoms with van der Waals surface area (Å²) in [4.78, 5) is 12.3. The van der Waals surface area contributed by atoms with Gasteiger partial charge in [0.25, 0.3) is 5.22 Å². The van der Waals surface area contributed by atoms with E-state index in [9.17, 15) is 4.79 Å². The minimum atomic E-state index is -0.373. The van der Waals surface area contributed by atoms with Crippen LogP contribution >= 0.6 is 11.8 Å². The molecule has 3 aromatic rings. The van der Waals surface area contributed by atoms with Crippen LogP contribution in [-0.2, 0) is 11.3 Å². The van der Waals surface area contributed by atoms with Gasteiger partial charge in [0, 0.05) is 12.1 Å². The monoisotopic (exact) mass is 399 g/mol. The molecule has 1 heterocycles. The second-order valence-corrected chi connectivity index (χ2v) is 7.20. The number of nitrogens with one attached hydrogen (secondary N) is 1. The van der Waals surface area contributed by atoms with Crippen LogP contribution in [0.15, 0.2) is 58.2 Å². The van der Waals surface area contributed by atoms with Crippen LogP contribution in [0.3, 0.4) is 0 Å². The number of carbonyl (C=O) groups excluding carboxylic acids is 1. The Hall–Kier alpha value is -3.00. The Bertz CT molecular complexity index is 930. The van der Waals surface area contributed by atoms with Gasteiger partial charge in [0.1, 0.15) is 0 Å². The van der Waals surface area contributed by atoms with Crippen molar-refractivity contribution in [1.29, 1.82) is 0 Å². The second-order valence-electron chi connectivity index (χ2n) is 5.91. The second kappa shape index (κ2) is 9.27. The molecular formula is C20H21N3O4S. The smallest absolute Gasteiger partial charge is 0.277 e. The number of ether oxygens (including phenoxy) is 2. The van der Waals surface area contributed by atoms with Crippen molar-refractivity contribution in [3.05, 3.63) is 54.1 Å². The molecule has 2 aromatic carbocycles. The highest BCUT2D eigenvalue weighted by Crippen LogP contribution is 2.33. The summed E-state index contributed by atoms with van der Waals surface area (Å²) in [6.45, 7) is 2.27. The molecule has 1 aromatic heterocycles. The zero-order chi connectivity index (χ0) is 19.9. The number of thioether (sulfide) groups is 1. The van der Waals surface area contributed by atoms with Crippen LogP contribution in [0, 0.1) is 0 Å². The van der Waals surface area contributed by atoms with Crippen LogP contribution in [0.25, 0.3) is 11.5 Å². The van der Waals surface area contributed by atoms with Crippen molar-refractivity contribution in [2.24, 2.45) is 0 Å². The molecule has 0 spiro atoms. The van der Waals surface area contributed by atoms with Crippen LogP contribution < -0.4 is 14.8 Å². The minimum Gasteiger partial charge on any atom is -0.493 e. The minimum absolute atomic E-state index is 0.0975. The first-order valence-corrected chi connectivity index (χ1v) is 9.53. The van der Waals surface area contributed by atoms with Gasteiger partial charge in [0.15, 0.2) is 11.5 Å². The number of hydrogen-bond acceptors (Lipinski definition) is 7. The lowest BCUT2D eigenvalue weighted by Gasteiger charge is -2.09. The van der Waals surface area contributed by atoms with Gasteiger partial charge < -0.3 is 19.2 Å². The first-order chi connectivity index (χ1) is 13.6. The Morgan fingerprint density at radius 1 is 1.11 bits per heavy atom. The van der Waals surface area contributed by atoms with Gasteiger partial charge in [0.05, 0.1) is 19.5 Å². The lowest BCUT2D eigenvalue weighted by molar-refractivity contribution is -0.120. The molecule has 146 valence electrons. The van der Waals surface area contributed by atoms with E-state index < -0.39 is 0 Å². The maximum Gasteiger partial charge on any atom is 0.277 e. The third kappa shape index (κ3) is 4.83. The van der Waals surface area contributed by atoms with Crippen molar-refractivity contribution in [3.63, 3.8) is 0 Å². The van der Waals surface area contributed by atoms with Gasteiger partial charge in [-0.2, -0.15) is 0 Å². The van der Waals surface area contributed by atoms with Crippen LogP contribution in [0.4, 0.5) is 0 Å². The SMILES string of the molecule is COc1ccc(-c2nnc(S[C@H](C)C(=O)NCc3ccccc3)o2)cc1OC. The van der Waals surface area contributed by atoms with E-state index in [0.717, 1.165) is 5.56 Å². The van der Waals surface area contributed by atoms with E-state index in [1.54, 1.807) is 39.3 Å². The fourth-order valence-corrected chi connectivity index (χ4v) is 3.18. The molecule has 1 N–H and O–H groups in total. The van der Waals surface area contributed by atoms with Crippen molar-refractivity contribution >= 4 is 17.7 Å². The van der Waals surface area contributed by atoms with Gasteiger partial charge in [-0.05, 0) is 30.7 Å². The summed E-state index contributed by atoms with van der Waals surface area (Å²) in [5, 5.41) is 10.9. The Balaban J connectivity index is 1.61. The van der Waals surface area contributed by atoms with E-state index in [-0.39, 0.29) is 11.2 Å². The molecule has 0 aliphatic rings. The average molecular weight is 399 g/mol. The maximum atomic E-state index is 12.3. The molecule has 0 saturated carbocycles. The molecule has 28 heavy (non-hydrogen) atoms. The van der Waals surface area contributed by atoms with Gasteiger partial charge in [-0.15, -0.1) is 10.2 Å². The number of amides is 1. The van der Waals surface area contributed by atoms with E-state index in [4.69, 9.17) is 13.9 Å². The topological polar surface area (TPSA) is 86.5 Å². The Morgan fingerprint density at radius 3 is 2.57 bits per heavy atom. The third-order valence-corrected chi connectivity index (χ3v) is 4.93. The first kappa shape index (κ1) is 19.8. The largest absolute Gasteiger partial charge is 0.493 e. The van der Waals surface area contributed by atoms with Gasteiger partial charge in [-0.25, -0.2) is 0 Å². The van der Waals surface area contributed by atoms with Crippen molar-refractivity contribution in [2.75, 3.05) is 14.2 Å². The molecular weight excluding hydrogens is 378 g/mol. The van der Waals surface area contributed by atoms with Crippen LogP contribution in [0.5, 0.6) is 11.5 Å². The Morgan fingerprint density at radius 2 is 1.86 bits per heavy atom. The number of benzene rings is 2. The summed E-state index contributed by atoms with van der Waals surface area (Å²) in [6, 6.07) is 15.1. The summed E-state index contributed by atoms with van der Waals surface area (Å²) in [7, 11) is 3.13. The van der Waals surface area contributed by atoms with Crippen molar-refractivity contribution in [1.82, 2.24) is 15.5 Å². The molecule has 3 rings (SSSR count). The van der Waals surface area contributed by atoms with Crippen molar-refractivity contribution < 1.29 is 18.7 Å². The maximum absolute atomic E-state index is 12.3. The van der Waals surface area contributed by atoms with Gasteiger partial charge in [-0.1, -0.05) is 42.1 Å². The van der Waals surface area contributed by atoms with Crippen LogP contribution in [0.2, 0.25) is 0 Å². The molecule has 8 heteroatoms. The highest BCUT2D eigenvalue weighted by Gasteiger charge is 2.19. The molecule has 0 aliphatic heterocycles. The standard InChI is InChI=1S/C20H21N3O4S/c1-13(18(24)21-12-14-7-5-4-6-8-14)28-20-23-22-19(27-20)15-9-10-16(25-2)17(11-15)26-3/h4-11,13H,12H2,1-3H3,(H,21,24)/t13-/m1/s1. The van der Waals surface area contributed by atoms with E-state index in [2.05, 4.69) is 15.5 Å². The number of nitrogens with zero attached hydrogens (tertiary/aromatic N) is 2. The number of carbonyl (C=O) groups is 1. The highest BCUT2D eigenvalue weighted by molar-refractivity contribution is 8.00. The first-order valence-electron chi connectivity index (χ1n) is 8.65. The van der Waals surface area contributed by atoms with E-state index in [1.165, 1.54) is 11.8 Å². The average Bonchev–Trinajstić information content (AvgIpc) is 3.20. The summed E-state index contributed by atoms with van der Waals surface area (Å²) in [5.74, 6) is 1.44. The van der Waals surface area contributed by atoms with Crippen molar-refractivity contribution in [2.45, 2.75) is 23.9 Å². The van der Waals surface area contributed by atoms with E-state index in [0.29, 0.717) is 34.7 Å². The predicted molar refractivity (Wildman–Crippen MR) is 106 cm³/mol. The van der Waals surface area contributed by atoms with E-state index >= 15 is 0 Å². The number of methoxy groups -OCH3 is 2. The zero-order valence-electron chi connectivity index (χ0n) is 15.8. The molecule has 0 unspecified atom stereocenters. The molecule has 0 bridgehead atoms. The normalized spacial score (nSPS) is 11.7. The summed E-state index contributed by atoms with van der Waals surface area (Å²) >= 11 is 1.21. The Labute approximate surface area is 167 Å². The predicted octanol–water partition coefficient (Wildman–Crippen LogP) is 3.55. The Kier molecular flexibility index (Phi) is 6.54. The summed E-state index contributed by atoms with van der Waals surface area (Å²) in [6.07, 6.45) is 0. The van der Waals surface area contributed by atoms with Gasteiger partial charge >= 0.3 is 0 Å². The van der Waals surface area contributed by atoms with Gasteiger partial charge in [0.2, 0.25) is 11.8 Å². The summed E-state index contributed by atoms with van der Waals surface area (Å²) in [5.41, 5.74) is 1.75. The number of aromatic nitrogens is 2. The molecule has 0 radical (unpaired) electrons. The zero-order valence-corrected chi connectivity index (χ0v) is 16.7. The summed E-state index contributed by atoms with van der Waals surface area (Å²) < 4.78 is 16.2. The molecule has 7 nitrogen and oxygen atoms in total. The van der Waals surface area contributed by atoms with Crippen LogP contribution in [-0.4, -0.2) is 35.6 Å².